The molecule has 1 aromatic heterocycles. The highest BCUT2D eigenvalue weighted by Gasteiger charge is 2.48. The molecule has 0 saturated heterocycles. The third kappa shape index (κ3) is 2.12. The fraction of sp³-hybridized carbons (Fsp3) is 0.812. The van der Waals surface area contributed by atoms with Crippen molar-refractivity contribution >= 4 is 0 Å². The van der Waals surface area contributed by atoms with Gasteiger partial charge in [0.2, 0.25) is 0 Å². The molecule has 1 heterocycles. The largest absolute Gasteiger partial charge is 0.346 e. The molecule has 4 aliphatic carbocycles. The SMILES string of the molecule is NCCc1cnc(CC2C3CC4CC(C3)CC2C4)[nH]1. The number of aromatic amines is 1. The molecule has 19 heavy (non-hydrogen) atoms. The number of rotatable bonds is 4. The van der Waals surface area contributed by atoms with Crippen LogP contribution in [0.1, 0.15) is 43.6 Å². The summed E-state index contributed by atoms with van der Waals surface area (Å²) in [5.41, 5.74) is 6.81. The molecule has 3 nitrogen and oxygen atoms in total. The quantitative estimate of drug-likeness (QED) is 0.873. The number of nitrogens with two attached hydrogens (primary N) is 1. The van der Waals surface area contributed by atoms with Crippen LogP contribution in [0.4, 0.5) is 0 Å². The summed E-state index contributed by atoms with van der Waals surface area (Å²) in [5.74, 6) is 6.26. The highest BCUT2D eigenvalue weighted by atomic mass is 14.9. The lowest BCUT2D eigenvalue weighted by Gasteiger charge is -2.54. The molecular formula is C16H25N3. The number of hydrogen-bond acceptors (Lipinski definition) is 2. The minimum absolute atomic E-state index is 0.708. The van der Waals surface area contributed by atoms with Gasteiger partial charge in [-0.05, 0) is 68.2 Å². The molecule has 5 rings (SSSR count). The lowest BCUT2D eigenvalue weighted by Crippen LogP contribution is -2.45. The number of nitrogens with one attached hydrogen (secondary N) is 1. The second-order valence-electron chi connectivity index (χ2n) is 7.19. The summed E-state index contributed by atoms with van der Waals surface area (Å²) < 4.78 is 0. The van der Waals surface area contributed by atoms with Gasteiger partial charge in [0.1, 0.15) is 5.82 Å². The zero-order valence-electron chi connectivity index (χ0n) is 11.6. The van der Waals surface area contributed by atoms with Gasteiger partial charge in [-0.2, -0.15) is 0 Å². The van der Waals surface area contributed by atoms with Crippen molar-refractivity contribution in [2.24, 2.45) is 35.3 Å². The van der Waals surface area contributed by atoms with E-state index < -0.39 is 0 Å². The minimum atomic E-state index is 0.708. The van der Waals surface area contributed by atoms with Crippen LogP contribution in [0.3, 0.4) is 0 Å². The fourth-order valence-electron chi connectivity index (χ4n) is 5.39. The fourth-order valence-corrected chi connectivity index (χ4v) is 5.39. The first-order valence-corrected chi connectivity index (χ1v) is 8.04. The maximum absolute atomic E-state index is 5.60. The second kappa shape index (κ2) is 4.62. The third-order valence-corrected chi connectivity index (χ3v) is 5.95. The van der Waals surface area contributed by atoms with E-state index in [-0.39, 0.29) is 0 Å². The van der Waals surface area contributed by atoms with E-state index in [0.717, 1.165) is 36.0 Å². The molecular weight excluding hydrogens is 234 g/mol. The Balaban J connectivity index is 1.47. The van der Waals surface area contributed by atoms with Crippen molar-refractivity contribution in [1.82, 2.24) is 9.97 Å². The van der Waals surface area contributed by atoms with E-state index in [1.54, 1.807) is 6.42 Å². The molecule has 3 N–H and O–H groups in total. The average Bonchev–Trinajstić information content (AvgIpc) is 2.81. The number of nitrogens with zero attached hydrogens (tertiary/aromatic N) is 1. The van der Waals surface area contributed by atoms with E-state index in [1.807, 2.05) is 6.20 Å². The Kier molecular flexibility index (Phi) is 2.91. The topological polar surface area (TPSA) is 54.7 Å². The van der Waals surface area contributed by atoms with Gasteiger partial charge in [-0.25, -0.2) is 4.98 Å². The molecule has 3 heteroatoms. The van der Waals surface area contributed by atoms with E-state index in [4.69, 9.17) is 5.73 Å². The average molecular weight is 259 g/mol. The minimum Gasteiger partial charge on any atom is -0.346 e. The molecule has 4 fully saturated rings. The van der Waals surface area contributed by atoms with Gasteiger partial charge < -0.3 is 10.7 Å². The van der Waals surface area contributed by atoms with Crippen molar-refractivity contribution in [3.05, 3.63) is 17.7 Å². The summed E-state index contributed by atoms with van der Waals surface area (Å²) in [7, 11) is 0. The summed E-state index contributed by atoms with van der Waals surface area (Å²) in [4.78, 5) is 8.06. The van der Waals surface area contributed by atoms with Gasteiger partial charge in [0.25, 0.3) is 0 Å². The van der Waals surface area contributed by atoms with Crippen LogP contribution in [0.15, 0.2) is 6.20 Å². The summed E-state index contributed by atoms with van der Waals surface area (Å²) in [5, 5.41) is 0. The lowest BCUT2D eigenvalue weighted by atomic mass is 9.51. The molecule has 1 aromatic rings. The molecule has 0 unspecified atom stereocenters. The zero-order chi connectivity index (χ0) is 12.8. The van der Waals surface area contributed by atoms with Crippen LogP contribution in [0.5, 0.6) is 0 Å². The maximum Gasteiger partial charge on any atom is 0.106 e. The van der Waals surface area contributed by atoms with Gasteiger partial charge in [-0.15, -0.1) is 0 Å². The molecule has 0 radical (unpaired) electrons. The van der Waals surface area contributed by atoms with Crippen molar-refractivity contribution in [3.8, 4) is 0 Å². The predicted octanol–water partition coefficient (Wildman–Crippen LogP) is 2.53. The predicted molar refractivity (Wildman–Crippen MR) is 75.6 cm³/mol. The van der Waals surface area contributed by atoms with E-state index in [0.29, 0.717) is 6.54 Å². The first-order chi connectivity index (χ1) is 9.31. The Morgan fingerprint density at radius 3 is 2.42 bits per heavy atom. The molecule has 4 aliphatic rings. The number of aromatic nitrogens is 2. The van der Waals surface area contributed by atoms with E-state index in [9.17, 15) is 0 Å². The standard InChI is InChI=1S/C16H25N3/c17-2-1-14-9-18-16(19-14)8-15-12-4-10-3-11(6-12)7-13(15)5-10/h9-13,15H,1-8,17H2,(H,18,19). The first-order valence-electron chi connectivity index (χ1n) is 8.04. The Hall–Kier alpha value is -0.830. The Morgan fingerprint density at radius 2 is 1.79 bits per heavy atom. The first kappa shape index (κ1) is 12.0. The van der Waals surface area contributed by atoms with Crippen molar-refractivity contribution in [1.29, 1.82) is 0 Å². The monoisotopic (exact) mass is 259 g/mol. The molecule has 104 valence electrons. The molecule has 4 bridgehead atoms. The zero-order valence-corrected chi connectivity index (χ0v) is 11.6. The molecule has 4 saturated carbocycles. The van der Waals surface area contributed by atoms with Gasteiger partial charge >= 0.3 is 0 Å². The summed E-state index contributed by atoms with van der Waals surface area (Å²) in [6.07, 6.45) is 11.7. The number of H-pyrrole nitrogens is 1. The van der Waals surface area contributed by atoms with Gasteiger partial charge in [0, 0.05) is 24.7 Å². The summed E-state index contributed by atoms with van der Waals surface area (Å²) in [6, 6.07) is 0. The smallest absolute Gasteiger partial charge is 0.106 e. The summed E-state index contributed by atoms with van der Waals surface area (Å²) >= 11 is 0. The van der Waals surface area contributed by atoms with Crippen molar-refractivity contribution in [3.63, 3.8) is 0 Å². The molecule has 0 spiro atoms. The van der Waals surface area contributed by atoms with Gasteiger partial charge in [-0.3, -0.25) is 0 Å². The Labute approximate surface area is 115 Å². The second-order valence-corrected chi connectivity index (χ2v) is 7.19. The van der Waals surface area contributed by atoms with Gasteiger partial charge in [-0.1, -0.05) is 0 Å². The number of hydrogen-bond donors (Lipinski definition) is 2. The number of imidazole rings is 1. The van der Waals surface area contributed by atoms with E-state index >= 15 is 0 Å². The van der Waals surface area contributed by atoms with Crippen LogP contribution >= 0.6 is 0 Å². The Morgan fingerprint density at radius 1 is 1.11 bits per heavy atom. The van der Waals surface area contributed by atoms with E-state index in [1.165, 1.54) is 43.6 Å². The van der Waals surface area contributed by atoms with Crippen LogP contribution in [0, 0.1) is 29.6 Å². The third-order valence-electron chi connectivity index (χ3n) is 5.95. The van der Waals surface area contributed by atoms with Crippen molar-refractivity contribution in [2.45, 2.75) is 44.9 Å². The Bertz CT molecular complexity index is 423. The highest BCUT2D eigenvalue weighted by molar-refractivity contribution is 5.06. The van der Waals surface area contributed by atoms with Crippen LogP contribution in [0.25, 0.3) is 0 Å². The molecule has 0 aromatic carbocycles. The molecule has 0 amide bonds. The highest BCUT2D eigenvalue weighted by Crippen LogP contribution is 2.57. The molecule has 0 aliphatic heterocycles. The maximum atomic E-state index is 5.60. The lowest BCUT2D eigenvalue weighted by molar-refractivity contribution is -0.0366. The van der Waals surface area contributed by atoms with Crippen molar-refractivity contribution in [2.75, 3.05) is 6.54 Å². The van der Waals surface area contributed by atoms with Crippen LogP contribution < -0.4 is 5.73 Å². The van der Waals surface area contributed by atoms with Crippen LogP contribution in [0.2, 0.25) is 0 Å². The molecule has 0 atom stereocenters. The van der Waals surface area contributed by atoms with Gasteiger partial charge in [0.15, 0.2) is 0 Å². The normalized spacial score (nSPS) is 39.9. The summed E-state index contributed by atoms with van der Waals surface area (Å²) in [6.45, 7) is 0.708. The van der Waals surface area contributed by atoms with Crippen LogP contribution in [-0.2, 0) is 12.8 Å². The van der Waals surface area contributed by atoms with Gasteiger partial charge in [0.05, 0.1) is 0 Å². The van der Waals surface area contributed by atoms with Crippen LogP contribution in [-0.4, -0.2) is 16.5 Å². The van der Waals surface area contributed by atoms with Crippen molar-refractivity contribution < 1.29 is 0 Å². The van der Waals surface area contributed by atoms with E-state index in [2.05, 4.69) is 9.97 Å².